The molecule has 2 fully saturated rings. The molecule has 1 aliphatic heterocycles. The summed E-state index contributed by atoms with van der Waals surface area (Å²) < 4.78 is 0. The molecule has 1 aromatic rings. The molecule has 4 heteroatoms. The summed E-state index contributed by atoms with van der Waals surface area (Å²) in [7, 11) is 0. The second kappa shape index (κ2) is 9.01. The molecule has 0 spiro atoms. The fourth-order valence-corrected chi connectivity index (χ4v) is 4.42. The van der Waals surface area contributed by atoms with Gasteiger partial charge in [0.15, 0.2) is 0 Å². The zero-order valence-corrected chi connectivity index (χ0v) is 16.5. The van der Waals surface area contributed by atoms with Crippen LogP contribution in [0.25, 0.3) is 0 Å². The predicted octanol–water partition coefficient (Wildman–Crippen LogP) is 3.03. The Morgan fingerprint density at radius 1 is 1.15 bits per heavy atom. The number of amides is 1. The zero-order chi connectivity index (χ0) is 18.4. The fraction of sp³-hybridized carbons (Fsp3) is 0.682. The first-order valence-electron chi connectivity index (χ1n) is 10.4. The van der Waals surface area contributed by atoms with Crippen LogP contribution in [0.5, 0.6) is 0 Å². The molecule has 0 atom stereocenters. The summed E-state index contributed by atoms with van der Waals surface area (Å²) in [6.45, 7) is 10.7. The highest BCUT2D eigenvalue weighted by molar-refractivity contribution is 5.88. The van der Waals surface area contributed by atoms with Crippen molar-refractivity contribution in [3.63, 3.8) is 0 Å². The van der Waals surface area contributed by atoms with Crippen molar-refractivity contribution in [2.45, 2.75) is 57.3 Å². The number of rotatable bonds is 7. The molecule has 26 heavy (non-hydrogen) atoms. The van der Waals surface area contributed by atoms with Crippen LogP contribution in [-0.2, 0) is 10.2 Å². The smallest absolute Gasteiger partial charge is 0.230 e. The third-order valence-electron chi connectivity index (χ3n) is 6.17. The van der Waals surface area contributed by atoms with Gasteiger partial charge in [-0.15, -0.1) is 0 Å². The Kier molecular flexibility index (Phi) is 6.71. The minimum absolute atomic E-state index is 0.243. The van der Waals surface area contributed by atoms with Gasteiger partial charge in [0.25, 0.3) is 0 Å². The van der Waals surface area contributed by atoms with Gasteiger partial charge in [0.2, 0.25) is 5.91 Å². The molecule has 1 amide bonds. The van der Waals surface area contributed by atoms with Crippen LogP contribution in [-0.4, -0.2) is 50.1 Å². The van der Waals surface area contributed by atoms with Gasteiger partial charge in [-0.1, -0.05) is 51.0 Å². The second-order valence-corrected chi connectivity index (χ2v) is 8.27. The van der Waals surface area contributed by atoms with Crippen LogP contribution >= 0.6 is 0 Å². The van der Waals surface area contributed by atoms with E-state index in [1.165, 1.54) is 11.1 Å². The lowest BCUT2D eigenvalue weighted by atomic mass is 9.77. The number of nitrogens with zero attached hydrogens (tertiary/aromatic N) is 1. The average Bonchev–Trinajstić information content (AvgIpc) is 3.17. The Bertz CT molecular complexity index is 570. The van der Waals surface area contributed by atoms with Crippen LogP contribution in [0, 0.1) is 0 Å². The topological polar surface area (TPSA) is 44.4 Å². The minimum Gasteiger partial charge on any atom is -0.355 e. The molecular weight excluding hydrogens is 322 g/mol. The first-order chi connectivity index (χ1) is 12.6. The van der Waals surface area contributed by atoms with E-state index >= 15 is 0 Å². The molecule has 144 valence electrons. The van der Waals surface area contributed by atoms with Crippen molar-refractivity contribution < 1.29 is 4.79 Å². The Balaban J connectivity index is 1.56. The Morgan fingerprint density at radius 3 is 2.42 bits per heavy atom. The molecule has 2 N–H and O–H groups in total. The lowest BCUT2D eigenvalue weighted by molar-refractivity contribution is -0.126. The maximum absolute atomic E-state index is 13.1. The lowest BCUT2D eigenvalue weighted by Crippen LogP contribution is -2.45. The van der Waals surface area contributed by atoms with Gasteiger partial charge in [-0.05, 0) is 42.9 Å². The summed E-state index contributed by atoms with van der Waals surface area (Å²) in [6, 6.07) is 8.80. The van der Waals surface area contributed by atoms with Crippen molar-refractivity contribution in [3.05, 3.63) is 35.4 Å². The van der Waals surface area contributed by atoms with E-state index in [2.05, 4.69) is 53.6 Å². The van der Waals surface area contributed by atoms with E-state index in [1.807, 2.05) is 0 Å². The number of hydrogen-bond donors (Lipinski definition) is 2. The van der Waals surface area contributed by atoms with Crippen molar-refractivity contribution in [3.8, 4) is 0 Å². The third kappa shape index (κ3) is 4.47. The summed E-state index contributed by atoms with van der Waals surface area (Å²) in [5.41, 5.74) is 2.25. The Morgan fingerprint density at radius 2 is 1.81 bits per heavy atom. The second-order valence-electron chi connectivity index (χ2n) is 8.27. The predicted molar refractivity (Wildman–Crippen MR) is 108 cm³/mol. The summed E-state index contributed by atoms with van der Waals surface area (Å²) in [5, 5.41) is 6.64. The number of benzene rings is 1. The minimum atomic E-state index is -0.301. The molecular formula is C22H35N3O. The van der Waals surface area contributed by atoms with Gasteiger partial charge >= 0.3 is 0 Å². The lowest BCUT2D eigenvalue weighted by Gasteiger charge is -2.30. The first-order valence-corrected chi connectivity index (χ1v) is 10.4. The molecule has 1 heterocycles. The molecule has 4 nitrogen and oxygen atoms in total. The summed E-state index contributed by atoms with van der Waals surface area (Å²) in [5.74, 6) is 0.773. The number of piperazine rings is 1. The molecule has 0 bridgehead atoms. The van der Waals surface area contributed by atoms with Gasteiger partial charge in [-0.2, -0.15) is 0 Å². The van der Waals surface area contributed by atoms with Crippen molar-refractivity contribution >= 4 is 5.91 Å². The third-order valence-corrected chi connectivity index (χ3v) is 6.17. The quantitative estimate of drug-likeness (QED) is 0.737. The largest absolute Gasteiger partial charge is 0.355 e. The highest BCUT2D eigenvalue weighted by atomic mass is 16.2. The standard InChI is InChI=1S/C22H35N3O/c1-18(2)19-6-8-20(9-7-19)22(10-3-4-11-22)21(26)24-12-5-15-25-16-13-23-14-17-25/h6-9,18,23H,3-5,10-17H2,1-2H3,(H,24,26). The summed E-state index contributed by atoms with van der Waals surface area (Å²) >= 11 is 0. The van der Waals surface area contributed by atoms with Crippen LogP contribution in [0.3, 0.4) is 0 Å². The van der Waals surface area contributed by atoms with E-state index in [0.717, 1.165) is 71.4 Å². The molecule has 1 aliphatic carbocycles. The number of carbonyl (C=O) groups excluding carboxylic acids is 1. The highest BCUT2D eigenvalue weighted by Crippen LogP contribution is 2.41. The van der Waals surface area contributed by atoms with Gasteiger partial charge in [0, 0.05) is 32.7 Å². The van der Waals surface area contributed by atoms with Crippen molar-refractivity contribution in [1.82, 2.24) is 15.5 Å². The number of hydrogen-bond acceptors (Lipinski definition) is 3. The van der Waals surface area contributed by atoms with Crippen LogP contribution < -0.4 is 10.6 Å². The Labute approximate surface area is 158 Å². The molecule has 0 aromatic heterocycles. The molecule has 0 unspecified atom stereocenters. The summed E-state index contributed by atoms with van der Waals surface area (Å²) in [6.07, 6.45) is 5.31. The van der Waals surface area contributed by atoms with E-state index in [9.17, 15) is 4.79 Å². The van der Waals surface area contributed by atoms with Crippen LogP contribution in [0.1, 0.15) is 63.0 Å². The molecule has 1 saturated heterocycles. The van der Waals surface area contributed by atoms with Crippen LogP contribution in [0.2, 0.25) is 0 Å². The summed E-state index contributed by atoms with van der Waals surface area (Å²) in [4.78, 5) is 15.6. The van der Waals surface area contributed by atoms with Gasteiger partial charge in [-0.25, -0.2) is 0 Å². The fourth-order valence-electron chi connectivity index (χ4n) is 4.42. The van der Waals surface area contributed by atoms with Gasteiger partial charge in [-0.3, -0.25) is 4.79 Å². The zero-order valence-electron chi connectivity index (χ0n) is 16.5. The van der Waals surface area contributed by atoms with Crippen LogP contribution in [0.4, 0.5) is 0 Å². The van der Waals surface area contributed by atoms with E-state index in [4.69, 9.17) is 0 Å². The molecule has 1 aromatic carbocycles. The van der Waals surface area contributed by atoms with E-state index in [1.54, 1.807) is 0 Å². The van der Waals surface area contributed by atoms with Crippen molar-refractivity contribution in [1.29, 1.82) is 0 Å². The molecule has 3 rings (SSSR count). The van der Waals surface area contributed by atoms with Gasteiger partial charge < -0.3 is 15.5 Å². The van der Waals surface area contributed by atoms with Crippen LogP contribution in [0.15, 0.2) is 24.3 Å². The average molecular weight is 358 g/mol. The van der Waals surface area contributed by atoms with E-state index in [0.29, 0.717) is 5.92 Å². The molecule has 1 saturated carbocycles. The number of nitrogens with one attached hydrogen (secondary N) is 2. The Hall–Kier alpha value is -1.39. The molecule has 2 aliphatic rings. The van der Waals surface area contributed by atoms with Gasteiger partial charge in [0.1, 0.15) is 0 Å². The van der Waals surface area contributed by atoms with E-state index in [-0.39, 0.29) is 11.3 Å². The molecule has 0 radical (unpaired) electrons. The monoisotopic (exact) mass is 357 g/mol. The maximum Gasteiger partial charge on any atom is 0.230 e. The SMILES string of the molecule is CC(C)c1ccc(C2(C(=O)NCCCN3CCNCC3)CCCC2)cc1. The highest BCUT2D eigenvalue weighted by Gasteiger charge is 2.42. The first kappa shape index (κ1) is 19.4. The maximum atomic E-state index is 13.1. The normalized spacial score (nSPS) is 20.4. The van der Waals surface area contributed by atoms with Crippen molar-refractivity contribution in [2.75, 3.05) is 39.3 Å². The van der Waals surface area contributed by atoms with E-state index < -0.39 is 0 Å². The van der Waals surface area contributed by atoms with Gasteiger partial charge in [0.05, 0.1) is 5.41 Å². The number of carbonyl (C=O) groups is 1. The van der Waals surface area contributed by atoms with Crippen molar-refractivity contribution in [2.24, 2.45) is 0 Å².